The molecule has 0 atom stereocenters. The molecule has 0 bridgehead atoms. The number of nitrogens with zero attached hydrogens (tertiary/aromatic N) is 2. The third-order valence-electron chi connectivity index (χ3n) is 10.5. The van der Waals surface area contributed by atoms with Crippen molar-refractivity contribution < 1.29 is 6.85 Å². The van der Waals surface area contributed by atoms with Crippen molar-refractivity contribution in [1.29, 1.82) is 0 Å². The molecule has 0 saturated carbocycles. The van der Waals surface area contributed by atoms with Crippen molar-refractivity contribution in [2.45, 2.75) is 0 Å². The summed E-state index contributed by atoms with van der Waals surface area (Å²) in [7, 11) is 0. The third kappa shape index (κ3) is 6.04. The van der Waals surface area contributed by atoms with Crippen LogP contribution in [-0.2, 0) is 0 Å². The van der Waals surface area contributed by atoms with E-state index in [9.17, 15) is 0 Å². The summed E-state index contributed by atoms with van der Waals surface area (Å²) in [6, 6.07) is 67.0. The van der Waals surface area contributed by atoms with Crippen LogP contribution in [0.15, 0.2) is 230 Å². The zero-order valence-electron chi connectivity index (χ0n) is 35.4. The molecule has 2 heteroatoms. The quantitative estimate of drug-likeness (QED) is 0.152. The number of benzene rings is 9. The molecule has 0 aliphatic heterocycles. The summed E-state index contributed by atoms with van der Waals surface area (Å²) in [5.41, 5.74) is 13.0. The van der Waals surface area contributed by atoms with Gasteiger partial charge in [0.2, 0.25) is 0 Å². The second kappa shape index (κ2) is 14.4. The van der Waals surface area contributed by atoms with Crippen LogP contribution in [-0.4, -0.2) is 4.57 Å². The van der Waals surface area contributed by atoms with Crippen LogP contribution in [0.5, 0.6) is 0 Å². The Morgan fingerprint density at radius 2 is 0.911 bits per heavy atom. The van der Waals surface area contributed by atoms with E-state index in [-0.39, 0.29) is 29.9 Å². The summed E-state index contributed by atoms with van der Waals surface area (Å²) in [5.74, 6) is 0. The van der Waals surface area contributed by atoms with Gasteiger partial charge in [0, 0.05) is 33.4 Å². The van der Waals surface area contributed by atoms with Gasteiger partial charge in [0.1, 0.15) is 0 Å². The Bertz CT molecular complexity index is 3170. The number of aromatic nitrogens is 1. The van der Waals surface area contributed by atoms with Crippen LogP contribution >= 0.6 is 0 Å². The van der Waals surface area contributed by atoms with E-state index in [2.05, 4.69) is 126 Å². The van der Waals surface area contributed by atoms with Crippen LogP contribution in [0.3, 0.4) is 0 Å². The lowest BCUT2D eigenvalue weighted by Gasteiger charge is -2.28. The monoisotopic (exact) mass is 719 g/mol. The normalized spacial score (nSPS) is 12.5. The number of fused-ring (bicyclic) bond motifs is 3. The number of hydrogen-bond acceptors (Lipinski definition) is 1. The standard InChI is InChI=1S/C54H38N2/c1-5-19-39(20-6-1)42-35-43(40-21-7-2-8-22-40)37-46(36-42)56-53-32-18-16-30-50(53)51-34-33-41(38-54(51)56)47-27-13-14-28-48(47)49-29-15-17-31-52(49)55(44-23-9-3-10-24-44)45-25-11-4-12-26-45/h1-38H/i3D,9D,10D,23D,24D. The molecule has 10 rings (SSSR count). The average Bonchev–Trinajstić information content (AvgIpc) is 3.66. The molecule has 1 heterocycles. The summed E-state index contributed by atoms with van der Waals surface area (Å²) in [4.78, 5) is 1.79. The molecule has 0 aliphatic rings. The van der Waals surface area contributed by atoms with Crippen molar-refractivity contribution in [3.05, 3.63) is 230 Å². The molecule has 0 fully saturated rings. The molecule has 0 aliphatic carbocycles. The first-order chi connectivity index (χ1) is 29.9. The van der Waals surface area contributed by atoms with E-state index in [1.54, 1.807) is 4.90 Å². The first-order valence-corrected chi connectivity index (χ1v) is 18.8. The number of hydrogen-bond donors (Lipinski definition) is 0. The maximum absolute atomic E-state index is 9.04. The van der Waals surface area contributed by atoms with Gasteiger partial charge in [0.15, 0.2) is 0 Å². The van der Waals surface area contributed by atoms with Crippen LogP contribution in [0.4, 0.5) is 17.1 Å². The highest BCUT2D eigenvalue weighted by Crippen LogP contribution is 2.44. The van der Waals surface area contributed by atoms with Gasteiger partial charge in [-0.05, 0) is 99.6 Å². The SMILES string of the molecule is [2H]c1c([2H])c([2H])c(N(c2ccccc2)c2ccccc2-c2ccccc2-c2ccc3c4ccccc4n(-c4cc(-c5ccccc5)cc(-c5ccccc5)c4)c3c2)c([2H])c1[2H]. The first kappa shape index (κ1) is 28.1. The smallest absolute Gasteiger partial charge is 0.0645 e. The predicted molar refractivity (Wildman–Crippen MR) is 237 cm³/mol. The predicted octanol–water partition coefficient (Wildman–Crippen LogP) is 14.9. The third-order valence-corrected chi connectivity index (χ3v) is 10.5. The summed E-state index contributed by atoms with van der Waals surface area (Å²) < 4.78 is 45.9. The fourth-order valence-corrected chi connectivity index (χ4v) is 7.94. The minimum absolute atomic E-state index is 0.0840. The number of anilines is 3. The zero-order valence-corrected chi connectivity index (χ0v) is 30.4. The molecule has 0 N–H and O–H groups in total. The fourth-order valence-electron chi connectivity index (χ4n) is 7.94. The average molecular weight is 720 g/mol. The van der Waals surface area contributed by atoms with Gasteiger partial charge in [-0.15, -0.1) is 0 Å². The Balaban J connectivity index is 1.19. The van der Waals surface area contributed by atoms with Gasteiger partial charge in [-0.2, -0.15) is 0 Å². The fraction of sp³-hybridized carbons (Fsp3) is 0. The minimum atomic E-state index is -0.429. The molecular weight excluding hydrogens is 677 g/mol. The lowest BCUT2D eigenvalue weighted by molar-refractivity contribution is 1.18. The van der Waals surface area contributed by atoms with Gasteiger partial charge < -0.3 is 9.47 Å². The zero-order chi connectivity index (χ0) is 41.6. The molecule has 1 aromatic heterocycles. The van der Waals surface area contributed by atoms with Gasteiger partial charge in [0.25, 0.3) is 0 Å². The highest BCUT2D eigenvalue weighted by molar-refractivity contribution is 6.11. The van der Waals surface area contributed by atoms with Crippen molar-refractivity contribution in [1.82, 2.24) is 4.57 Å². The highest BCUT2D eigenvalue weighted by Gasteiger charge is 2.20. The molecular formula is C54H38N2. The van der Waals surface area contributed by atoms with Crippen LogP contribution in [0.1, 0.15) is 6.85 Å². The highest BCUT2D eigenvalue weighted by atomic mass is 15.1. The van der Waals surface area contributed by atoms with E-state index in [0.717, 1.165) is 72.0 Å². The van der Waals surface area contributed by atoms with Gasteiger partial charge in [-0.1, -0.05) is 170 Å². The van der Waals surface area contributed by atoms with E-state index in [0.29, 0.717) is 11.4 Å². The van der Waals surface area contributed by atoms with Crippen molar-refractivity contribution >= 4 is 38.9 Å². The van der Waals surface area contributed by atoms with Crippen molar-refractivity contribution in [2.75, 3.05) is 4.90 Å². The molecule has 10 aromatic rings. The largest absolute Gasteiger partial charge is 0.310 e. The van der Waals surface area contributed by atoms with E-state index in [1.165, 1.54) is 0 Å². The van der Waals surface area contributed by atoms with Crippen molar-refractivity contribution in [3.63, 3.8) is 0 Å². The van der Waals surface area contributed by atoms with E-state index in [4.69, 9.17) is 6.85 Å². The lowest BCUT2D eigenvalue weighted by Crippen LogP contribution is -2.11. The Kier molecular flexibility index (Phi) is 7.24. The molecule has 0 saturated heterocycles. The van der Waals surface area contributed by atoms with Crippen LogP contribution in [0.25, 0.3) is 72.0 Å². The molecule has 2 nitrogen and oxygen atoms in total. The molecule has 0 spiro atoms. The Morgan fingerprint density at radius 3 is 1.61 bits per heavy atom. The molecule has 0 radical (unpaired) electrons. The Labute approximate surface area is 334 Å². The molecule has 0 amide bonds. The van der Waals surface area contributed by atoms with Crippen molar-refractivity contribution in [3.8, 4) is 50.2 Å². The second-order valence-corrected chi connectivity index (χ2v) is 13.8. The first-order valence-electron chi connectivity index (χ1n) is 21.3. The van der Waals surface area contributed by atoms with E-state index >= 15 is 0 Å². The molecule has 9 aromatic carbocycles. The summed E-state index contributed by atoms with van der Waals surface area (Å²) >= 11 is 0. The van der Waals surface area contributed by atoms with E-state index < -0.39 is 6.04 Å². The van der Waals surface area contributed by atoms with Gasteiger partial charge >= 0.3 is 0 Å². The van der Waals surface area contributed by atoms with Crippen LogP contribution in [0.2, 0.25) is 0 Å². The van der Waals surface area contributed by atoms with Gasteiger partial charge in [-0.25, -0.2) is 0 Å². The van der Waals surface area contributed by atoms with Crippen LogP contribution in [0, 0.1) is 0 Å². The number of rotatable bonds is 8. The Hall–Kier alpha value is -7.42. The number of para-hydroxylation sites is 4. The van der Waals surface area contributed by atoms with E-state index in [1.807, 2.05) is 78.9 Å². The summed E-state index contributed by atoms with van der Waals surface area (Å²) in [6.07, 6.45) is 0. The van der Waals surface area contributed by atoms with Gasteiger partial charge in [-0.3, -0.25) is 0 Å². The second-order valence-electron chi connectivity index (χ2n) is 13.8. The lowest BCUT2D eigenvalue weighted by atomic mass is 9.92. The molecule has 264 valence electrons. The van der Waals surface area contributed by atoms with Crippen LogP contribution < -0.4 is 4.90 Å². The summed E-state index contributed by atoms with van der Waals surface area (Å²) in [6.45, 7) is 0. The molecule has 0 unspecified atom stereocenters. The maximum atomic E-state index is 9.04. The Morgan fingerprint density at radius 1 is 0.357 bits per heavy atom. The minimum Gasteiger partial charge on any atom is -0.310 e. The molecule has 56 heavy (non-hydrogen) atoms. The van der Waals surface area contributed by atoms with Gasteiger partial charge in [0.05, 0.1) is 23.6 Å². The maximum Gasteiger partial charge on any atom is 0.0645 e. The topological polar surface area (TPSA) is 8.17 Å². The summed E-state index contributed by atoms with van der Waals surface area (Å²) in [5, 5.41) is 2.30. The van der Waals surface area contributed by atoms with Crippen molar-refractivity contribution in [2.24, 2.45) is 0 Å².